The fourth-order valence-corrected chi connectivity index (χ4v) is 3.26. The molecule has 0 bridgehead atoms. The van der Waals surface area contributed by atoms with Crippen molar-refractivity contribution in [2.45, 2.75) is 57.8 Å². The highest BCUT2D eigenvalue weighted by Crippen LogP contribution is 2.26. The third-order valence-corrected chi connectivity index (χ3v) is 4.57. The molecule has 4 heteroatoms. The van der Waals surface area contributed by atoms with Gasteiger partial charge in [-0.15, -0.1) is 0 Å². The number of hydrogen-bond donors (Lipinski definition) is 1. The van der Waals surface area contributed by atoms with E-state index < -0.39 is 0 Å². The first-order valence-corrected chi connectivity index (χ1v) is 8.69. The summed E-state index contributed by atoms with van der Waals surface area (Å²) in [6.45, 7) is 3.97. The number of hydrogen-bond acceptors (Lipinski definition) is 3. The van der Waals surface area contributed by atoms with Crippen molar-refractivity contribution in [2.24, 2.45) is 0 Å². The minimum Gasteiger partial charge on any atom is -0.496 e. The number of ether oxygens (including phenoxy) is 2. The van der Waals surface area contributed by atoms with Crippen LogP contribution in [0.1, 0.15) is 44.6 Å². The Hall–Kier alpha value is -0.580. The van der Waals surface area contributed by atoms with E-state index in [0.29, 0.717) is 18.8 Å². The van der Waals surface area contributed by atoms with Crippen molar-refractivity contribution >= 4 is 15.9 Å². The lowest BCUT2D eigenvalue weighted by atomic mass is 9.93. The molecule has 21 heavy (non-hydrogen) atoms. The van der Waals surface area contributed by atoms with Crippen LogP contribution in [0.15, 0.2) is 22.7 Å². The molecule has 3 nitrogen and oxygen atoms in total. The molecular formula is C17H26BrNO2. The molecule has 1 fully saturated rings. The number of methoxy groups -OCH3 is 1. The second-order valence-corrected chi connectivity index (χ2v) is 6.61. The lowest BCUT2D eigenvalue weighted by Gasteiger charge is -2.29. The van der Waals surface area contributed by atoms with Crippen LogP contribution in [-0.4, -0.2) is 25.8 Å². The van der Waals surface area contributed by atoms with E-state index in [1.54, 1.807) is 7.11 Å². The minimum absolute atomic E-state index is 0.383. The van der Waals surface area contributed by atoms with Gasteiger partial charge in [0.15, 0.2) is 0 Å². The highest BCUT2D eigenvalue weighted by molar-refractivity contribution is 9.10. The van der Waals surface area contributed by atoms with Gasteiger partial charge < -0.3 is 14.8 Å². The van der Waals surface area contributed by atoms with Crippen molar-refractivity contribution in [1.82, 2.24) is 5.32 Å². The average Bonchev–Trinajstić information content (AvgIpc) is 2.52. The largest absolute Gasteiger partial charge is 0.496 e. The summed E-state index contributed by atoms with van der Waals surface area (Å²) in [5.74, 6) is 0.900. The van der Waals surface area contributed by atoms with Gasteiger partial charge in [-0.05, 0) is 56.8 Å². The maximum atomic E-state index is 6.09. The van der Waals surface area contributed by atoms with Crippen molar-refractivity contribution in [3.63, 3.8) is 0 Å². The van der Waals surface area contributed by atoms with Gasteiger partial charge in [-0.2, -0.15) is 0 Å². The Morgan fingerprint density at radius 1 is 1.24 bits per heavy atom. The summed E-state index contributed by atoms with van der Waals surface area (Å²) in [7, 11) is 1.71. The van der Waals surface area contributed by atoms with Crippen LogP contribution in [0.4, 0.5) is 0 Å². The predicted octanol–water partition coefficient (Wildman–Crippen LogP) is 4.29. The van der Waals surface area contributed by atoms with Crippen LogP contribution in [0.25, 0.3) is 0 Å². The highest BCUT2D eigenvalue weighted by atomic mass is 79.9. The van der Waals surface area contributed by atoms with Crippen molar-refractivity contribution in [1.29, 1.82) is 0 Å². The Morgan fingerprint density at radius 3 is 2.67 bits per heavy atom. The Kier molecular flexibility index (Phi) is 7.00. The Bertz CT molecular complexity index is 431. The Labute approximate surface area is 136 Å². The standard InChI is InChI=1S/C17H26BrNO2/c1-3-10-19-15-5-7-16(8-6-15)21-12-13-11-14(18)4-9-17(13)20-2/h4,9,11,15-16,19H,3,5-8,10,12H2,1-2H3. The Morgan fingerprint density at radius 2 is 2.00 bits per heavy atom. The van der Waals surface area contributed by atoms with E-state index in [-0.39, 0.29) is 0 Å². The molecule has 0 atom stereocenters. The van der Waals surface area contributed by atoms with Gasteiger partial charge in [-0.25, -0.2) is 0 Å². The zero-order valence-corrected chi connectivity index (χ0v) is 14.6. The molecule has 1 aliphatic rings. The Balaban J connectivity index is 1.78. The van der Waals surface area contributed by atoms with E-state index in [4.69, 9.17) is 9.47 Å². The zero-order valence-electron chi connectivity index (χ0n) is 13.0. The van der Waals surface area contributed by atoms with E-state index in [2.05, 4.69) is 34.2 Å². The summed E-state index contributed by atoms with van der Waals surface area (Å²) in [5.41, 5.74) is 1.11. The molecule has 0 spiro atoms. The van der Waals surface area contributed by atoms with Crippen LogP contribution >= 0.6 is 15.9 Å². The summed E-state index contributed by atoms with van der Waals surface area (Å²) in [4.78, 5) is 0. The summed E-state index contributed by atoms with van der Waals surface area (Å²) in [6.07, 6.45) is 6.34. The normalized spacial score (nSPS) is 22.2. The van der Waals surface area contributed by atoms with Gasteiger partial charge in [-0.1, -0.05) is 22.9 Å². The maximum absolute atomic E-state index is 6.09. The van der Waals surface area contributed by atoms with Crippen molar-refractivity contribution < 1.29 is 9.47 Å². The topological polar surface area (TPSA) is 30.5 Å². The first-order chi connectivity index (χ1) is 10.2. The predicted molar refractivity (Wildman–Crippen MR) is 89.8 cm³/mol. The molecule has 1 aliphatic carbocycles. The van der Waals surface area contributed by atoms with E-state index in [1.165, 1.54) is 19.3 Å². The van der Waals surface area contributed by atoms with Crippen LogP contribution in [0.2, 0.25) is 0 Å². The lowest BCUT2D eigenvalue weighted by Crippen LogP contribution is -2.35. The molecule has 0 aliphatic heterocycles. The van der Waals surface area contributed by atoms with E-state index in [9.17, 15) is 0 Å². The molecule has 0 unspecified atom stereocenters. The van der Waals surface area contributed by atoms with Crippen LogP contribution in [-0.2, 0) is 11.3 Å². The van der Waals surface area contributed by atoms with Gasteiger partial charge in [-0.3, -0.25) is 0 Å². The molecule has 0 amide bonds. The molecule has 0 saturated heterocycles. The number of benzene rings is 1. The van der Waals surface area contributed by atoms with E-state index in [0.717, 1.165) is 35.2 Å². The first kappa shape index (κ1) is 16.8. The second kappa shape index (κ2) is 8.76. The third-order valence-electron chi connectivity index (χ3n) is 4.07. The third kappa shape index (κ3) is 5.28. The summed E-state index contributed by atoms with van der Waals surface area (Å²) in [6, 6.07) is 6.74. The first-order valence-electron chi connectivity index (χ1n) is 7.90. The fraction of sp³-hybridized carbons (Fsp3) is 0.647. The van der Waals surface area contributed by atoms with Gasteiger partial charge in [0, 0.05) is 16.1 Å². The van der Waals surface area contributed by atoms with Crippen LogP contribution in [0.3, 0.4) is 0 Å². The van der Waals surface area contributed by atoms with Gasteiger partial charge >= 0.3 is 0 Å². The summed E-state index contributed by atoms with van der Waals surface area (Å²) >= 11 is 3.50. The molecule has 0 heterocycles. The molecule has 1 aromatic carbocycles. The molecule has 0 aromatic heterocycles. The van der Waals surface area contributed by atoms with E-state index in [1.807, 2.05) is 12.1 Å². The summed E-state index contributed by atoms with van der Waals surface area (Å²) in [5, 5.41) is 3.61. The van der Waals surface area contributed by atoms with Gasteiger partial charge in [0.2, 0.25) is 0 Å². The lowest BCUT2D eigenvalue weighted by molar-refractivity contribution is 0.0106. The smallest absolute Gasteiger partial charge is 0.124 e. The molecule has 0 radical (unpaired) electrons. The number of halogens is 1. The molecule has 118 valence electrons. The molecule has 2 rings (SSSR count). The summed E-state index contributed by atoms with van der Waals surface area (Å²) < 4.78 is 12.5. The van der Waals surface area contributed by atoms with Crippen LogP contribution in [0.5, 0.6) is 5.75 Å². The average molecular weight is 356 g/mol. The van der Waals surface area contributed by atoms with Gasteiger partial charge in [0.05, 0.1) is 19.8 Å². The number of rotatable bonds is 7. The van der Waals surface area contributed by atoms with Crippen LogP contribution < -0.4 is 10.1 Å². The van der Waals surface area contributed by atoms with Crippen molar-refractivity contribution in [2.75, 3.05) is 13.7 Å². The zero-order chi connectivity index (χ0) is 15.1. The van der Waals surface area contributed by atoms with E-state index >= 15 is 0 Å². The number of nitrogens with one attached hydrogen (secondary N) is 1. The molecule has 1 aromatic rings. The molecule has 1 saturated carbocycles. The fourth-order valence-electron chi connectivity index (χ4n) is 2.85. The monoisotopic (exact) mass is 355 g/mol. The quantitative estimate of drug-likeness (QED) is 0.791. The molecular weight excluding hydrogens is 330 g/mol. The SMILES string of the molecule is CCCNC1CCC(OCc2cc(Br)ccc2OC)CC1. The highest BCUT2D eigenvalue weighted by Gasteiger charge is 2.21. The molecule has 1 N–H and O–H groups in total. The van der Waals surface area contributed by atoms with Crippen molar-refractivity contribution in [3.05, 3.63) is 28.2 Å². The minimum atomic E-state index is 0.383. The second-order valence-electron chi connectivity index (χ2n) is 5.69. The van der Waals surface area contributed by atoms with Gasteiger partial charge in [0.1, 0.15) is 5.75 Å². The van der Waals surface area contributed by atoms with Crippen LogP contribution in [0, 0.1) is 0 Å². The maximum Gasteiger partial charge on any atom is 0.124 e. The van der Waals surface area contributed by atoms with Crippen molar-refractivity contribution in [3.8, 4) is 5.75 Å². The van der Waals surface area contributed by atoms with Gasteiger partial charge in [0.25, 0.3) is 0 Å².